The molecule has 7 heteroatoms. The van der Waals surface area contributed by atoms with Gasteiger partial charge in [-0.1, -0.05) is 121 Å². The Morgan fingerprint density at radius 2 is 0.725 bits per heavy atom. The van der Waals surface area contributed by atoms with Crippen LogP contribution in [0.25, 0.3) is 22.3 Å². The molecule has 51 heavy (non-hydrogen) atoms. The molecule has 0 aliphatic carbocycles. The summed E-state index contributed by atoms with van der Waals surface area (Å²) < 4.78 is 0. The molecule has 0 saturated carbocycles. The summed E-state index contributed by atoms with van der Waals surface area (Å²) in [4.78, 5) is 27.3. The Balaban J connectivity index is 1.48. The second-order valence-corrected chi connectivity index (χ2v) is 12.5. The van der Waals surface area contributed by atoms with E-state index in [1.54, 1.807) is 6.07 Å². The predicted molar refractivity (Wildman–Crippen MR) is 201 cm³/mol. The molecule has 8 aromatic rings. The van der Waals surface area contributed by atoms with Crippen LogP contribution in [0.2, 0.25) is 0 Å². The molecule has 9 rings (SSSR count). The molecule has 1 aliphatic rings. The van der Waals surface area contributed by atoms with Gasteiger partial charge in [0.1, 0.15) is 5.35 Å². The van der Waals surface area contributed by atoms with E-state index in [0.717, 1.165) is 72.4 Å². The first-order valence-electron chi connectivity index (χ1n) is 16.8. The number of aromatic amines is 4. The smallest absolute Gasteiger partial charge is 0.295 e. The largest absolute Gasteiger partial charge is 0.354 e. The van der Waals surface area contributed by atoms with Crippen molar-refractivity contribution in [2.75, 3.05) is 0 Å². The van der Waals surface area contributed by atoms with Gasteiger partial charge < -0.3 is 19.9 Å². The highest BCUT2D eigenvalue weighted by atomic mass is 16.6. The van der Waals surface area contributed by atoms with Gasteiger partial charge >= 0.3 is 0 Å². The molecule has 0 radical (unpaired) electrons. The minimum absolute atomic E-state index is 0.0121. The average molecular weight is 662 g/mol. The van der Waals surface area contributed by atoms with E-state index in [4.69, 9.17) is 0 Å². The van der Waals surface area contributed by atoms with Crippen molar-refractivity contribution in [2.45, 2.75) is 0 Å². The van der Waals surface area contributed by atoms with Gasteiger partial charge in [0.15, 0.2) is 0 Å². The summed E-state index contributed by atoms with van der Waals surface area (Å²) in [6, 6.07) is 54.5. The Bertz CT molecular complexity index is 2810. The molecular formula is C44H31N5O2. The van der Waals surface area contributed by atoms with E-state index < -0.39 is 0 Å². The van der Waals surface area contributed by atoms with E-state index in [-0.39, 0.29) is 10.6 Å². The molecule has 0 fully saturated rings. The van der Waals surface area contributed by atoms with E-state index in [1.807, 2.05) is 103 Å². The number of fused-ring (bicyclic) bond motifs is 8. The van der Waals surface area contributed by atoms with Crippen molar-refractivity contribution in [1.29, 1.82) is 0 Å². The first kappa shape index (κ1) is 30.0. The van der Waals surface area contributed by atoms with Gasteiger partial charge in [-0.2, -0.15) is 0 Å². The SMILES string of the molecule is O=[N+]([O-])c1cc2[nH]c1=C(c1ccccc1)c1ccc([nH]1)C(c1ccccc1)=c1ccc([nH]1)=C(c1ccccc1)c1ccc([nH]1)C=2c1ccccc1. The van der Waals surface area contributed by atoms with Crippen LogP contribution in [0.4, 0.5) is 5.69 Å². The summed E-state index contributed by atoms with van der Waals surface area (Å²) in [5, 5.41) is 15.8. The Morgan fingerprint density at radius 1 is 0.373 bits per heavy atom. The predicted octanol–water partition coefficient (Wildman–Crippen LogP) is 6.21. The van der Waals surface area contributed by atoms with E-state index in [0.29, 0.717) is 16.3 Å². The lowest BCUT2D eigenvalue weighted by atomic mass is 10.0. The zero-order chi connectivity index (χ0) is 34.3. The maximum absolute atomic E-state index is 12.9. The molecule has 0 unspecified atom stereocenters. The molecule has 4 aromatic carbocycles. The molecule has 8 bridgehead atoms. The Labute approximate surface area is 292 Å². The van der Waals surface area contributed by atoms with Gasteiger partial charge in [-0.25, -0.2) is 0 Å². The second kappa shape index (κ2) is 12.4. The van der Waals surface area contributed by atoms with Gasteiger partial charge in [0.25, 0.3) is 5.69 Å². The zero-order valence-corrected chi connectivity index (χ0v) is 27.4. The highest BCUT2D eigenvalue weighted by molar-refractivity contribution is 5.85. The van der Waals surface area contributed by atoms with Crippen LogP contribution in [0, 0.1) is 10.1 Å². The summed E-state index contributed by atoms with van der Waals surface area (Å²) in [7, 11) is 0. The number of benzene rings is 4. The van der Waals surface area contributed by atoms with Crippen molar-refractivity contribution in [1.82, 2.24) is 19.9 Å². The van der Waals surface area contributed by atoms with Crippen LogP contribution in [-0.2, 0) is 0 Å². The lowest BCUT2D eigenvalue weighted by Gasteiger charge is -2.09. The summed E-state index contributed by atoms with van der Waals surface area (Å²) >= 11 is 0. The third-order valence-electron chi connectivity index (χ3n) is 9.44. The fourth-order valence-electron chi connectivity index (χ4n) is 7.20. The van der Waals surface area contributed by atoms with Crippen LogP contribution in [0.15, 0.2) is 164 Å². The highest BCUT2D eigenvalue weighted by Gasteiger charge is 2.22. The minimum Gasteiger partial charge on any atom is -0.354 e. The number of rotatable bonds is 5. The van der Waals surface area contributed by atoms with Gasteiger partial charge in [0.2, 0.25) is 0 Å². The minimum atomic E-state index is -0.304. The van der Waals surface area contributed by atoms with Gasteiger partial charge in [-0.05, 0) is 58.7 Å². The van der Waals surface area contributed by atoms with Crippen LogP contribution >= 0.6 is 0 Å². The standard InChI is InChI=1S/C44H31N5O2/c50-49(51)39-27-38-42(30-17-9-3-10-18-30)36-24-23-34(46-36)40(28-13-5-1-6-14-28)32-21-22-33(45-32)41(29-15-7-2-8-16-29)35-25-26-37(47-35)43(44(39)48-38)31-19-11-4-12-20-31/h1-27,45-48H. The van der Waals surface area contributed by atoms with Crippen LogP contribution in [0.3, 0.4) is 0 Å². The number of hydrogen-bond acceptors (Lipinski definition) is 2. The van der Waals surface area contributed by atoms with Gasteiger partial charge in [-0.15, -0.1) is 0 Å². The third-order valence-corrected chi connectivity index (χ3v) is 9.44. The number of aromatic nitrogens is 4. The van der Waals surface area contributed by atoms with Gasteiger partial charge in [0.05, 0.1) is 10.3 Å². The fraction of sp³-hybridized carbons (Fsp3) is 0. The van der Waals surface area contributed by atoms with Crippen molar-refractivity contribution in [3.63, 3.8) is 0 Å². The summed E-state index contributed by atoms with van der Waals surface area (Å²) in [6.07, 6.45) is 0. The van der Waals surface area contributed by atoms with E-state index in [2.05, 4.69) is 74.5 Å². The first-order chi connectivity index (χ1) is 25.1. The maximum atomic E-state index is 12.9. The Hall–Kier alpha value is -7.12. The van der Waals surface area contributed by atoms with Crippen molar-refractivity contribution in [3.05, 3.63) is 240 Å². The van der Waals surface area contributed by atoms with E-state index in [9.17, 15) is 10.1 Å². The quantitative estimate of drug-likeness (QED) is 0.130. The van der Waals surface area contributed by atoms with Crippen LogP contribution in [-0.4, -0.2) is 24.9 Å². The van der Waals surface area contributed by atoms with Gasteiger partial charge in [-0.3, -0.25) is 10.1 Å². The molecule has 7 nitrogen and oxygen atoms in total. The summed E-state index contributed by atoms with van der Waals surface area (Å²) in [5.41, 5.74) is 10.7. The Kier molecular flexibility index (Phi) is 7.29. The molecular weight excluding hydrogens is 631 g/mol. The number of nitro groups is 1. The van der Waals surface area contributed by atoms with Gasteiger partial charge in [0, 0.05) is 61.8 Å². The van der Waals surface area contributed by atoms with Crippen LogP contribution < -0.4 is 21.4 Å². The number of nitrogens with zero attached hydrogens (tertiary/aromatic N) is 1. The third kappa shape index (κ3) is 5.34. The summed E-state index contributed by atoms with van der Waals surface area (Å²) in [6.45, 7) is 0. The van der Waals surface area contributed by atoms with Crippen molar-refractivity contribution in [3.8, 4) is 0 Å². The number of H-pyrrole nitrogens is 4. The molecule has 4 aromatic heterocycles. The van der Waals surface area contributed by atoms with E-state index >= 15 is 0 Å². The van der Waals surface area contributed by atoms with E-state index in [1.165, 1.54) is 0 Å². The monoisotopic (exact) mass is 661 g/mol. The fourth-order valence-corrected chi connectivity index (χ4v) is 7.20. The second-order valence-electron chi connectivity index (χ2n) is 12.5. The number of hydrogen-bond donors (Lipinski definition) is 4. The molecule has 0 saturated heterocycles. The van der Waals surface area contributed by atoms with Crippen LogP contribution in [0.5, 0.6) is 0 Å². The van der Waals surface area contributed by atoms with Crippen molar-refractivity contribution in [2.24, 2.45) is 0 Å². The zero-order valence-electron chi connectivity index (χ0n) is 27.4. The normalized spacial score (nSPS) is 12.7. The molecule has 5 heterocycles. The number of nitrogens with one attached hydrogen (secondary N) is 4. The molecule has 244 valence electrons. The molecule has 0 atom stereocenters. The molecule has 1 aliphatic heterocycles. The summed E-state index contributed by atoms with van der Waals surface area (Å²) in [5.74, 6) is 0. The van der Waals surface area contributed by atoms with Crippen LogP contribution in [0.1, 0.15) is 45.0 Å². The maximum Gasteiger partial charge on any atom is 0.295 e. The molecule has 4 N–H and O–H groups in total. The van der Waals surface area contributed by atoms with Crippen molar-refractivity contribution >= 4 is 28.0 Å². The topological polar surface area (TPSA) is 106 Å². The highest BCUT2D eigenvalue weighted by Crippen LogP contribution is 2.28. The lowest BCUT2D eigenvalue weighted by molar-refractivity contribution is -0.385. The first-order valence-corrected chi connectivity index (χ1v) is 16.8. The van der Waals surface area contributed by atoms with Crippen molar-refractivity contribution < 1.29 is 4.92 Å². The molecule has 0 spiro atoms. The Morgan fingerprint density at radius 3 is 1.12 bits per heavy atom. The average Bonchev–Trinajstić information content (AvgIpc) is 4.00. The lowest BCUT2D eigenvalue weighted by Crippen LogP contribution is -2.19. The molecule has 0 amide bonds.